The van der Waals surface area contributed by atoms with Crippen LogP contribution in [-0.4, -0.2) is 10.5 Å². The molecule has 24 heavy (non-hydrogen) atoms. The number of benzene rings is 1. The van der Waals surface area contributed by atoms with Gasteiger partial charge in [-0.25, -0.2) is 0 Å². The topological polar surface area (TPSA) is 34.0 Å². The van der Waals surface area contributed by atoms with Gasteiger partial charge in [0.1, 0.15) is 5.69 Å². The van der Waals surface area contributed by atoms with Gasteiger partial charge in [0, 0.05) is 11.9 Å². The molecule has 0 saturated carbocycles. The molecule has 5 heteroatoms. The molecule has 3 rings (SSSR count). The number of halogens is 1. The van der Waals surface area contributed by atoms with Gasteiger partial charge in [-0.1, -0.05) is 42.5 Å². The van der Waals surface area contributed by atoms with Gasteiger partial charge in [-0.15, -0.1) is 11.3 Å². The first-order chi connectivity index (χ1) is 11.5. The van der Waals surface area contributed by atoms with Crippen molar-refractivity contribution in [2.45, 2.75) is 26.4 Å². The van der Waals surface area contributed by atoms with Crippen LogP contribution in [0, 0.1) is 0 Å². The summed E-state index contributed by atoms with van der Waals surface area (Å²) in [7, 11) is 0. The average Bonchev–Trinajstić information content (AvgIpc) is 3.09. The zero-order valence-electron chi connectivity index (χ0n) is 13.7. The lowest BCUT2D eigenvalue weighted by molar-refractivity contribution is 0.0931. The van der Waals surface area contributed by atoms with Gasteiger partial charge in [-0.3, -0.25) is 4.79 Å². The van der Waals surface area contributed by atoms with E-state index in [9.17, 15) is 4.79 Å². The highest BCUT2D eigenvalue weighted by Gasteiger charge is 2.20. The van der Waals surface area contributed by atoms with Gasteiger partial charge in [0.2, 0.25) is 0 Å². The maximum absolute atomic E-state index is 12.8. The summed E-state index contributed by atoms with van der Waals surface area (Å²) in [5.74, 6) is -0.0668. The van der Waals surface area contributed by atoms with E-state index in [4.69, 9.17) is 0 Å². The van der Waals surface area contributed by atoms with Crippen LogP contribution in [-0.2, 0) is 6.54 Å². The Labute approximate surface area is 154 Å². The number of hydrogen-bond acceptors (Lipinski definition) is 2. The standard InChI is InChI=1S/C19H19BrN2OS/c1-12(2)10-22-16(9-17-18(22)15(20)11-24-17)19(23)21-13(3)14-7-5-4-6-8-14/h4-9,11,13H,1,10H2,2-3H3,(H,21,23)/t13-/m0/s1. The zero-order chi connectivity index (χ0) is 17.3. The summed E-state index contributed by atoms with van der Waals surface area (Å²) in [5, 5.41) is 5.15. The van der Waals surface area contributed by atoms with Crippen molar-refractivity contribution in [1.29, 1.82) is 0 Å². The van der Waals surface area contributed by atoms with Crippen LogP contribution in [0.3, 0.4) is 0 Å². The summed E-state index contributed by atoms with van der Waals surface area (Å²) in [6, 6.07) is 11.9. The molecule has 0 saturated heterocycles. The first-order valence-electron chi connectivity index (χ1n) is 7.73. The van der Waals surface area contributed by atoms with E-state index < -0.39 is 0 Å². The summed E-state index contributed by atoms with van der Waals surface area (Å²) in [4.78, 5) is 12.8. The predicted octanol–water partition coefficient (Wildman–Crippen LogP) is 5.53. The fourth-order valence-corrected chi connectivity index (χ4v) is 4.44. The highest BCUT2D eigenvalue weighted by Crippen LogP contribution is 2.33. The minimum atomic E-state index is -0.0668. The van der Waals surface area contributed by atoms with Crippen LogP contribution in [0.15, 0.2) is 58.4 Å². The summed E-state index contributed by atoms with van der Waals surface area (Å²) >= 11 is 5.22. The van der Waals surface area contributed by atoms with Crippen LogP contribution in [0.5, 0.6) is 0 Å². The smallest absolute Gasteiger partial charge is 0.268 e. The molecule has 1 amide bonds. The molecule has 1 atom stereocenters. The second-order valence-corrected chi connectivity index (χ2v) is 7.74. The average molecular weight is 403 g/mol. The van der Waals surface area contributed by atoms with Crippen molar-refractivity contribution in [3.8, 4) is 0 Å². The molecule has 0 unspecified atom stereocenters. The molecular formula is C19H19BrN2OS. The first-order valence-corrected chi connectivity index (χ1v) is 9.41. The molecular weight excluding hydrogens is 384 g/mol. The number of fused-ring (bicyclic) bond motifs is 1. The third kappa shape index (κ3) is 3.32. The maximum atomic E-state index is 12.8. The fourth-order valence-electron chi connectivity index (χ4n) is 2.75. The van der Waals surface area contributed by atoms with Crippen molar-refractivity contribution in [3.63, 3.8) is 0 Å². The minimum absolute atomic E-state index is 0.0478. The Morgan fingerprint density at radius 3 is 2.75 bits per heavy atom. The van der Waals surface area contributed by atoms with Gasteiger partial charge in [0.25, 0.3) is 5.91 Å². The predicted molar refractivity (Wildman–Crippen MR) is 105 cm³/mol. The number of nitrogens with zero attached hydrogens (tertiary/aromatic N) is 1. The van der Waals surface area contributed by atoms with E-state index in [0.29, 0.717) is 12.2 Å². The van der Waals surface area contributed by atoms with Crippen LogP contribution in [0.25, 0.3) is 10.2 Å². The van der Waals surface area contributed by atoms with Crippen molar-refractivity contribution in [1.82, 2.24) is 9.88 Å². The molecule has 0 radical (unpaired) electrons. The highest BCUT2D eigenvalue weighted by atomic mass is 79.9. The summed E-state index contributed by atoms with van der Waals surface area (Å²) in [5.41, 5.74) is 3.83. The van der Waals surface area contributed by atoms with E-state index in [2.05, 4.69) is 27.8 Å². The molecule has 0 aliphatic carbocycles. The number of amides is 1. The van der Waals surface area contributed by atoms with Crippen LogP contribution >= 0.6 is 27.3 Å². The largest absolute Gasteiger partial charge is 0.344 e. The number of aromatic nitrogens is 1. The summed E-state index contributed by atoms with van der Waals surface area (Å²) < 4.78 is 4.14. The number of nitrogens with one attached hydrogen (secondary N) is 1. The van der Waals surface area contributed by atoms with E-state index >= 15 is 0 Å². The Morgan fingerprint density at radius 2 is 2.08 bits per heavy atom. The van der Waals surface area contributed by atoms with E-state index in [1.807, 2.05) is 60.2 Å². The minimum Gasteiger partial charge on any atom is -0.344 e. The lowest BCUT2D eigenvalue weighted by atomic mass is 10.1. The molecule has 0 aliphatic rings. The van der Waals surface area contributed by atoms with Gasteiger partial charge in [0.05, 0.1) is 20.7 Å². The quantitative estimate of drug-likeness (QED) is 0.559. The number of rotatable bonds is 5. The second kappa shape index (κ2) is 6.95. The van der Waals surface area contributed by atoms with Crippen molar-refractivity contribution >= 4 is 43.4 Å². The lowest BCUT2D eigenvalue weighted by Crippen LogP contribution is -2.28. The van der Waals surface area contributed by atoms with E-state index in [1.165, 1.54) is 0 Å². The van der Waals surface area contributed by atoms with Crippen LogP contribution in [0.4, 0.5) is 0 Å². The van der Waals surface area contributed by atoms with Crippen LogP contribution in [0.2, 0.25) is 0 Å². The third-order valence-corrected chi connectivity index (χ3v) is 5.71. The molecule has 3 nitrogen and oxygen atoms in total. The fraction of sp³-hybridized carbons (Fsp3) is 0.211. The molecule has 2 aromatic heterocycles. The van der Waals surface area contributed by atoms with Gasteiger partial charge in [-0.05, 0) is 41.4 Å². The summed E-state index contributed by atoms with van der Waals surface area (Å²) in [6.07, 6.45) is 0. The number of thiophene rings is 1. The van der Waals surface area contributed by atoms with Gasteiger partial charge in [0.15, 0.2) is 0 Å². The summed E-state index contributed by atoms with van der Waals surface area (Å²) in [6.45, 7) is 8.59. The molecule has 0 fully saturated rings. The van der Waals surface area contributed by atoms with Crippen molar-refractivity contribution in [3.05, 3.63) is 69.7 Å². The second-order valence-electron chi connectivity index (χ2n) is 5.98. The normalized spacial score (nSPS) is 12.3. The molecule has 0 bridgehead atoms. The molecule has 1 N–H and O–H groups in total. The van der Waals surface area contributed by atoms with E-state index in [-0.39, 0.29) is 11.9 Å². The Morgan fingerprint density at radius 1 is 1.38 bits per heavy atom. The van der Waals surface area contributed by atoms with Crippen molar-refractivity contribution in [2.24, 2.45) is 0 Å². The molecule has 124 valence electrons. The lowest BCUT2D eigenvalue weighted by Gasteiger charge is -2.16. The molecule has 1 aromatic carbocycles. The SMILES string of the molecule is C=C(C)Cn1c(C(=O)N[C@@H](C)c2ccccc2)cc2scc(Br)c21. The highest BCUT2D eigenvalue weighted by molar-refractivity contribution is 9.10. The Kier molecular flexibility index (Phi) is 4.92. The monoisotopic (exact) mass is 402 g/mol. The van der Waals surface area contributed by atoms with Crippen LogP contribution in [0.1, 0.15) is 35.9 Å². The zero-order valence-corrected chi connectivity index (χ0v) is 16.1. The van der Waals surface area contributed by atoms with Crippen molar-refractivity contribution in [2.75, 3.05) is 0 Å². The molecule has 0 spiro atoms. The van der Waals surface area contributed by atoms with E-state index in [1.54, 1.807) is 11.3 Å². The first kappa shape index (κ1) is 17.0. The third-order valence-electron chi connectivity index (χ3n) is 3.89. The maximum Gasteiger partial charge on any atom is 0.268 e. The van der Waals surface area contributed by atoms with Gasteiger partial charge < -0.3 is 9.88 Å². The number of carbonyl (C=O) groups excluding carboxylic acids is 1. The van der Waals surface area contributed by atoms with E-state index in [0.717, 1.165) is 25.8 Å². The Hall–Kier alpha value is -1.85. The molecule has 0 aliphatic heterocycles. The Bertz CT molecular complexity index is 895. The van der Waals surface area contributed by atoms with Gasteiger partial charge in [-0.2, -0.15) is 0 Å². The van der Waals surface area contributed by atoms with Crippen LogP contribution < -0.4 is 5.32 Å². The van der Waals surface area contributed by atoms with Gasteiger partial charge >= 0.3 is 0 Å². The van der Waals surface area contributed by atoms with Crippen molar-refractivity contribution < 1.29 is 4.79 Å². The molecule has 2 heterocycles. The molecule has 3 aromatic rings. The number of allylic oxidation sites excluding steroid dienone is 1. The Balaban J connectivity index is 1.93. The number of hydrogen-bond donors (Lipinski definition) is 1. The number of carbonyl (C=O) groups is 1.